The van der Waals surface area contributed by atoms with E-state index in [9.17, 15) is 9.18 Å². The number of halogens is 1. The predicted molar refractivity (Wildman–Crippen MR) is 113 cm³/mol. The number of anilines is 1. The monoisotopic (exact) mass is 424 g/mol. The number of amides is 1. The van der Waals surface area contributed by atoms with Crippen molar-refractivity contribution in [3.8, 4) is 0 Å². The van der Waals surface area contributed by atoms with Gasteiger partial charge >= 0.3 is 0 Å². The third-order valence-corrected chi connectivity index (χ3v) is 6.12. The summed E-state index contributed by atoms with van der Waals surface area (Å²) < 4.78 is 14.8. The maximum absolute atomic E-state index is 14.8. The normalized spacial score (nSPS) is 24.9. The molecule has 3 aliphatic heterocycles. The van der Waals surface area contributed by atoms with Gasteiger partial charge in [0.15, 0.2) is 0 Å². The second-order valence-corrected chi connectivity index (χ2v) is 8.58. The number of hydrogen-bond acceptors (Lipinski definition) is 7. The van der Waals surface area contributed by atoms with Crippen LogP contribution in [0.4, 0.5) is 10.3 Å². The highest BCUT2D eigenvalue weighted by molar-refractivity contribution is 6.07. The average molecular weight is 424 g/mol. The first kappa shape index (κ1) is 19.9. The molecule has 1 amide bonds. The summed E-state index contributed by atoms with van der Waals surface area (Å²) in [6.07, 6.45) is -0.245. The summed E-state index contributed by atoms with van der Waals surface area (Å²) in [5.74, 6) is 0.737. The van der Waals surface area contributed by atoms with E-state index in [1.165, 1.54) is 6.07 Å². The van der Waals surface area contributed by atoms with Crippen LogP contribution in [-0.4, -0.2) is 59.0 Å². The minimum Gasteiger partial charge on any atom is -0.386 e. The minimum atomic E-state index is -0.560. The molecule has 2 fully saturated rings. The van der Waals surface area contributed by atoms with E-state index in [1.807, 2.05) is 26.8 Å². The van der Waals surface area contributed by atoms with Gasteiger partial charge in [-0.25, -0.2) is 19.4 Å². The van der Waals surface area contributed by atoms with Crippen LogP contribution in [-0.2, 0) is 4.84 Å². The van der Waals surface area contributed by atoms with Crippen molar-refractivity contribution in [2.75, 3.05) is 31.1 Å². The molecule has 162 valence electrons. The Balaban J connectivity index is 1.34. The van der Waals surface area contributed by atoms with Crippen molar-refractivity contribution in [3.05, 3.63) is 52.6 Å². The van der Waals surface area contributed by atoms with E-state index in [0.29, 0.717) is 30.5 Å². The lowest BCUT2D eigenvalue weighted by Crippen LogP contribution is -2.35. The molecule has 3 unspecified atom stereocenters. The van der Waals surface area contributed by atoms with Crippen LogP contribution in [0.2, 0.25) is 0 Å². The van der Waals surface area contributed by atoms with Gasteiger partial charge in [0.1, 0.15) is 12.0 Å². The quantitative estimate of drug-likeness (QED) is 0.812. The van der Waals surface area contributed by atoms with E-state index in [2.05, 4.69) is 25.3 Å². The number of hydroxylamine groups is 1. The minimum absolute atomic E-state index is 0.0200. The summed E-state index contributed by atoms with van der Waals surface area (Å²) in [4.78, 5) is 36.1. The van der Waals surface area contributed by atoms with E-state index in [0.717, 1.165) is 30.4 Å². The molecule has 0 bridgehead atoms. The summed E-state index contributed by atoms with van der Waals surface area (Å²) >= 11 is 0. The Morgan fingerprint density at radius 2 is 1.81 bits per heavy atom. The molecule has 4 heterocycles. The summed E-state index contributed by atoms with van der Waals surface area (Å²) in [6.45, 7) is 8.51. The second-order valence-electron chi connectivity index (χ2n) is 8.58. The average Bonchev–Trinajstić information content (AvgIpc) is 3.41. The van der Waals surface area contributed by atoms with Crippen LogP contribution in [0.3, 0.4) is 0 Å². The number of likely N-dealkylation sites (tertiary alicyclic amines) is 1. The fraction of sp³-hybridized carbons (Fsp3) is 0.455. The lowest BCUT2D eigenvalue weighted by molar-refractivity contribution is 0.0777. The zero-order chi connectivity index (χ0) is 21.7. The first-order valence-corrected chi connectivity index (χ1v) is 10.5. The number of aromatic nitrogens is 2. The summed E-state index contributed by atoms with van der Waals surface area (Å²) in [5, 5.41) is 0. The molecule has 0 saturated carbocycles. The number of carbonyl (C=O) groups is 1. The third kappa shape index (κ3) is 3.63. The molecule has 0 aliphatic carbocycles. The van der Waals surface area contributed by atoms with Gasteiger partial charge in [-0.1, -0.05) is 6.07 Å². The molecule has 3 aliphatic rings. The highest BCUT2D eigenvalue weighted by Crippen LogP contribution is 2.34. The highest BCUT2D eigenvalue weighted by Gasteiger charge is 2.43. The van der Waals surface area contributed by atoms with Gasteiger partial charge in [0.2, 0.25) is 11.8 Å². The molecule has 1 N–H and O–H groups in total. The Bertz CT molecular complexity index is 1040. The van der Waals surface area contributed by atoms with Crippen LogP contribution < -0.4 is 10.4 Å². The van der Waals surface area contributed by atoms with Gasteiger partial charge in [0.25, 0.3) is 5.91 Å². The number of fused-ring (bicyclic) bond motifs is 1. The SMILES string of the molecule is Cc1cc(C)nc(N2CC3CN(C(=O)c4c(F)cccc4C4=NC(C)NO4)CC3C2)n1. The Morgan fingerprint density at radius 1 is 1.13 bits per heavy atom. The molecule has 2 saturated heterocycles. The summed E-state index contributed by atoms with van der Waals surface area (Å²) in [6, 6.07) is 6.50. The number of carbonyl (C=O) groups excluding carboxylic acids is 1. The van der Waals surface area contributed by atoms with E-state index < -0.39 is 5.82 Å². The maximum atomic E-state index is 14.8. The van der Waals surface area contributed by atoms with Crippen molar-refractivity contribution < 1.29 is 14.0 Å². The number of nitrogens with zero attached hydrogens (tertiary/aromatic N) is 5. The van der Waals surface area contributed by atoms with E-state index in [1.54, 1.807) is 17.0 Å². The number of nitrogens with one attached hydrogen (secondary N) is 1. The second kappa shape index (κ2) is 7.56. The van der Waals surface area contributed by atoms with Crippen molar-refractivity contribution >= 4 is 17.8 Å². The molecular weight excluding hydrogens is 399 g/mol. The van der Waals surface area contributed by atoms with E-state index >= 15 is 0 Å². The number of aryl methyl sites for hydroxylation is 2. The van der Waals surface area contributed by atoms with E-state index in [4.69, 9.17) is 4.84 Å². The van der Waals surface area contributed by atoms with Gasteiger partial charge in [-0.3, -0.25) is 4.79 Å². The lowest BCUT2D eigenvalue weighted by atomic mass is 10.0. The molecule has 2 aromatic rings. The molecule has 0 radical (unpaired) electrons. The van der Waals surface area contributed by atoms with Gasteiger partial charge in [-0.2, -0.15) is 0 Å². The van der Waals surface area contributed by atoms with Gasteiger partial charge < -0.3 is 14.6 Å². The zero-order valence-electron chi connectivity index (χ0n) is 17.8. The summed E-state index contributed by atoms with van der Waals surface area (Å²) in [5.41, 5.74) is 5.01. The smallest absolute Gasteiger partial charge is 0.257 e. The number of hydrogen-bond donors (Lipinski definition) is 1. The molecule has 0 spiro atoms. The molecular formula is C22H25FN6O2. The van der Waals surface area contributed by atoms with Gasteiger partial charge in [-0.15, -0.1) is 5.48 Å². The van der Waals surface area contributed by atoms with Crippen molar-refractivity contribution in [2.45, 2.75) is 26.9 Å². The van der Waals surface area contributed by atoms with Crippen LogP contribution in [0.15, 0.2) is 29.3 Å². The Morgan fingerprint density at radius 3 is 2.42 bits per heavy atom. The van der Waals surface area contributed by atoms with Crippen LogP contribution in [0.25, 0.3) is 0 Å². The standard InChI is InChI=1S/C22H25FN6O2/c1-12-7-13(2)25-22(24-12)29-10-15-8-28(9-16(15)11-29)21(30)19-17(5-4-6-18(19)23)20-26-14(3)27-31-20/h4-7,14-16,27H,8-11H2,1-3H3. The summed E-state index contributed by atoms with van der Waals surface area (Å²) in [7, 11) is 0. The van der Waals surface area contributed by atoms with Crippen LogP contribution in [0, 0.1) is 31.5 Å². The van der Waals surface area contributed by atoms with Crippen molar-refractivity contribution in [3.63, 3.8) is 0 Å². The van der Waals surface area contributed by atoms with Crippen LogP contribution in [0.5, 0.6) is 0 Å². The van der Waals surface area contributed by atoms with Gasteiger partial charge in [0.05, 0.1) is 11.1 Å². The first-order chi connectivity index (χ1) is 14.9. The van der Waals surface area contributed by atoms with Crippen LogP contribution >= 0.6 is 0 Å². The van der Waals surface area contributed by atoms with Gasteiger partial charge in [0, 0.05) is 49.4 Å². The van der Waals surface area contributed by atoms with Crippen LogP contribution in [0.1, 0.15) is 34.2 Å². The topological polar surface area (TPSA) is 83.0 Å². The molecule has 31 heavy (non-hydrogen) atoms. The molecule has 5 rings (SSSR count). The van der Waals surface area contributed by atoms with Gasteiger partial charge in [-0.05, 0) is 39.0 Å². The molecule has 1 aromatic carbocycles. The first-order valence-electron chi connectivity index (χ1n) is 10.5. The Kier molecular flexibility index (Phi) is 4.85. The molecule has 3 atom stereocenters. The van der Waals surface area contributed by atoms with Crippen molar-refractivity contribution in [1.82, 2.24) is 20.3 Å². The van der Waals surface area contributed by atoms with Crippen molar-refractivity contribution in [2.24, 2.45) is 16.8 Å². The van der Waals surface area contributed by atoms with E-state index in [-0.39, 0.29) is 23.5 Å². The number of rotatable bonds is 3. The fourth-order valence-electron chi connectivity index (χ4n) is 4.74. The van der Waals surface area contributed by atoms with Crippen molar-refractivity contribution in [1.29, 1.82) is 0 Å². The molecule has 8 nitrogen and oxygen atoms in total. The largest absolute Gasteiger partial charge is 0.386 e. The Hall–Kier alpha value is -3.07. The lowest BCUT2D eigenvalue weighted by Gasteiger charge is -2.23. The Labute approximate surface area is 180 Å². The molecule has 1 aromatic heterocycles. The fourth-order valence-corrected chi connectivity index (χ4v) is 4.74. The number of aliphatic imine (C=N–C) groups is 1. The number of benzene rings is 1. The third-order valence-electron chi connectivity index (χ3n) is 6.12. The predicted octanol–water partition coefficient (Wildman–Crippen LogP) is 2.07. The zero-order valence-corrected chi connectivity index (χ0v) is 17.8. The molecule has 9 heteroatoms. The highest BCUT2D eigenvalue weighted by atomic mass is 19.1. The maximum Gasteiger partial charge on any atom is 0.257 e.